The summed E-state index contributed by atoms with van der Waals surface area (Å²) in [6.45, 7) is 0. The van der Waals surface area contributed by atoms with Crippen LogP contribution in [0.1, 0.15) is 0 Å². The molecule has 0 aliphatic carbocycles. The van der Waals surface area contributed by atoms with Crippen LogP contribution < -0.4 is 4.72 Å². The molecule has 0 spiro atoms. The van der Waals surface area contributed by atoms with Gasteiger partial charge in [0.25, 0.3) is 10.0 Å². The molecule has 0 atom stereocenters. The van der Waals surface area contributed by atoms with Gasteiger partial charge in [0.2, 0.25) is 0 Å². The second-order valence-corrected chi connectivity index (χ2v) is 6.81. The van der Waals surface area contributed by atoms with Crippen LogP contribution >= 0.6 is 11.7 Å². The van der Waals surface area contributed by atoms with Gasteiger partial charge in [0.15, 0.2) is 0 Å². The molecule has 4 aromatic rings. The first-order valence-electron chi connectivity index (χ1n) is 6.31. The second-order valence-electron chi connectivity index (χ2n) is 4.63. The molecule has 22 heavy (non-hydrogen) atoms. The van der Waals surface area contributed by atoms with Gasteiger partial charge in [-0.3, -0.25) is 4.72 Å². The van der Waals surface area contributed by atoms with Gasteiger partial charge >= 0.3 is 0 Å². The number of hydrogen-bond acceptors (Lipinski definition) is 6. The minimum Gasteiger partial charge on any atom is -0.345 e. The predicted octanol–water partition coefficient (Wildman–Crippen LogP) is 2.37. The van der Waals surface area contributed by atoms with Crippen molar-refractivity contribution in [1.82, 2.24) is 18.7 Å². The van der Waals surface area contributed by atoms with Crippen molar-refractivity contribution in [2.24, 2.45) is 0 Å². The summed E-state index contributed by atoms with van der Waals surface area (Å²) < 4.78 is 35.9. The summed E-state index contributed by atoms with van der Waals surface area (Å²) in [6.07, 6.45) is 1.56. The maximum atomic E-state index is 12.6. The Kier molecular flexibility index (Phi) is 2.84. The minimum absolute atomic E-state index is 0.114. The Morgan fingerprint density at radius 1 is 1.09 bits per heavy atom. The van der Waals surface area contributed by atoms with Crippen molar-refractivity contribution in [3.05, 3.63) is 42.7 Å². The summed E-state index contributed by atoms with van der Waals surface area (Å²) in [7, 11) is -3.74. The number of benzene rings is 2. The highest BCUT2D eigenvalue weighted by atomic mass is 32.2. The number of hydrogen-bond donors (Lipinski definition) is 2. The molecule has 0 unspecified atom stereocenters. The van der Waals surface area contributed by atoms with Crippen LogP contribution in [0.5, 0.6) is 0 Å². The van der Waals surface area contributed by atoms with Crippen LogP contribution in [0, 0.1) is 0 Å². The molecule has 0 radical (unpaired) electrons. The van der Waals surface area contributed by atoms with E-state index in [4.69, 9.17) is 0 Å². The van der Waals surface area contributed by atoms with E-state index < -0.39 is 10.0 Å². The highest BCUT2D eigenvalue weighted by Gasteiger charge is 2.19. The molecule has 4 rings (SSSR count). The van der Waals surface area contributed by atoms with Gasteiger partial charge in [0.1, 0.15) is 15.9 Å². The molecule has 0 aliphatic heterocycles. The Morgan fingerprint density at radius 2 is 2.00 bits per heavy atom. The smallest absolute Gasteiger partial charge is 0.264 e. The molecule has 0 saturated heterocycles. The number of rotatable bonds is 3. The van der Waals surface area contributed by atoms with Gasteiger partial charge < -0.3 is 4.98 Å². The summed E-state index contributed by atoms with van der Waals surface area (Å²) in [5.41, 5.74) is 2.93. The first kappa shape index (κ1) is 13.2. The fourth-order valence-electron chi connectivity index (χ4n) is 2.21. The molecule has 0 fully saturated rings. The van der Waals surface area contributed by atoms with Gasteiger partial charge in [-0.2, -0.15) is 8.75 Å². The van der Waals surface area contributed by atoms with E-state index in [-0.39, 0.29) is 4.90 Å². The summed E-state index contributed by atoms with van der Waals surface area (Å²) in [5, 5.41) is 0. The van der Waals surface area contributed by atoms with E-state index in [1.807, 2.05) is 0 Å². The molecule has 9 heteroatoms. The predicted molar refractivity (Wildman–Crippen MR) is 84.3 cm³/mol. The number of fused-ring (bicyclic) bond motifs is 2. The zero-order chi connectivity index (χ0) is 15.2. The lowest BCUT2D eigenvalue weighted by Gasteiger charge is -2.08. The largest absolute Gasteiger partial charge is 0.345 e. The van der Waals surface area contributed by atoms with Gasteiger partial charge in [-0.15, -0.1) is 0 Å². The van der Waals surface area contributed by atoms with Crippen LogP contribution in [-0.4, -0.2) is 27.1 Å². The Morgan fingerprint density at radius 3 is 2.91 bits per heavy atom. The Bertz CT molecular complexity index is 1080. The van der Waals surface area contributed by atoms with Gasteiger partial charge in [0.05, 0.1) is 34.8 Å². The van der Waals surface area contributed by atoms with Crippen LogP contribution in [0.4, 0.5) is 5.69 Å². The van der Waals surface area contributed by atoms with E-state index in [9.17, 15) is 8.42 Å². The Labute approximate surface area is 129 Å². The Hall–Kier alpha value is -2.52. The molecule has 7 nitrogen and oxygen atoms in total. The number of H-pyrrole nitrogens is 1. The highest BCUT2D eigenvalue weighted by Crippen LogP contribution is 2.24. The van der Waals surface area contributed by atoms with Crippen LogP contribution in [-0.2, 0) is 10.0 Å². The third kappa shape index (κ3) is 2.11. The average Bonchev–Trinajstić information content (AvgIpc) is 3.14. The monoisotopic (exact) mass is 331 g/mol. The van der Waals surface area contributed by atoms with Crippen molar-refractivity contribution >= 4 is 49.5 Å². The minimum atomic E-state index is -3.74. The Balaban J connectivity index is 1.78. The average molecular weight is 331 g/mol. The summed E-state index contributed by atoms with van der Waals surface area (Å²) in [6, 6.07) is 10.00. The maximum absolute atomic E-state index is 12.6. The van der Waals surface area contributed by atoms with Crippen LogP contribution in [0.15, 0.2) is 47.6 Å². The summed E-state index contributed by atoms with van der Waals surface area (Å²) >= 11 is 0.987. The normalized spacial score (nSPS) is 12.0. The molecule has 2 N–H and O–H groups in total. The molecule has 2 heterocycles. The van der Waals surface area contributed by atoms with E-state index in [0.717, 1.165) is 22.8 Å². The van der Waals surface area contributed by atoms with Crippen molar-refractivity contribution in [1.29, 1.82) is 0 Å². The van der Waals surface area contributed by atoms with Crippen LogP contribution in [0.2, 0.25) is 0 Å². The van der Waals surface area contributed by atoms with E-state index in [1.165, 1.54) is 6.07 Å². The summed E-state index contributed by atoms with van der Waals surface area (Å²) in [5.74, 6) is 0. The lowest BCUT2D eigenvalue weighted by molar-refractivity contribution is 0.602. The lowest BCUT2D eigenvalue weighted by Crippen LogP contribution is -2.13. The maximum Gasteiger partial charge on any atom is 0.264 e. The van der Waals surface area contributed by atoms with Gasteiger partial charge in [0, 0.05) is 0 Å². The van der Waals surface area contributed by atoms with E-state index in [0.29, 0.717) is 16.7 Å². The fourth-order valence-corrected chi connectivity index (χ4v) is 4.02. The second kappa shape index (κ2) is 4.75. The molecule has 0 bridgehead atoms. The zero-order valence-electron chi connectivity index (χ0n) is 11.0. The third-order valence-electron chi connectivity index (χ3n) is 3.21. The van der Waals surface area contributed by atoms with Crippen LogP contribution in [0.25, 0.3) is 22.1 Å². The number of nitrogens with one attached hydrogen (secondary N) is 2. The van der Waals surface area contributed by atoms with Crippen molar-refractivity contribution in [2.45, 2.75) is 4.90 Å². The van der Waals surface area contributed by atoms with E-state index >= 15 is 0 Å². The van der Waals surface area contributed by atoms with Gasteiger partial charge in [-0.1, -0.05) is 6.07 Å². The van der Waals surface area contributed by atoms with E-state index in [1.54, 1.807) is 36.7 Å². The molecule has 2 aromatic carbocycles. The number of nitrogens with zero attached hydrogens (tertiary/aromatic N) is 3. The van der Waals surface area contributed by atoms with Gasteiger partial charge in [-0.25, -0.2) is 13.4 Å². The van der Waals surface area contributed by atoms with Crippen LogP contribution in [0.3, 0.4) is 0 Å². The highest BCUT2D eigenvalue weighted by molar-refractivity contribution is 7.93. The first-order chi connectivity index (χ1) is 10.6. The molecule has 0 amide bonds. The molecular weight excluding hydrogens is 322 g/mol. The fraction of sp³-hybridized carbons (Fsp3) is 0. The zero-order valence-corrected chi connectivity index (χ0v) is 12.6. The number of aromatic nitrogens is 4. The van der Waals surface area contributed by atoms with Crippen molar-refractivity contribution < 1.29 is 8.42 Å². The molecule has 110 valence electrons. The quantitative estimate of drug-likeness (QED) is 0.600. The summed E-state index contributed by atoms with van der Waals surface area (Å²) in [4.78, 5) is 7.16. The molecular formula is C13H9N5O2S2. The topological polar surface area (TPSA) is 101 Å². The van der Waals surface area contributed by atoms with Crippen molar-refractivity contribution in [3.63, 3.8) is 0 Å². The SMILES string of the molecule is O=S(=O)(Nc1ccc2nc[nH]c2c1)c1cccc2nsnc12. The lowest BCUT2D eigenvalue weighted by atomic mass is 10.3. The third-order valence-corrected chi connectivity index (χ3v) is 5.17. The number of anilines is 1. The molecule has 0 aliphatic rings. The number of sulfonamides is 1. The molecule has 2 aromatic heterocycles. The van der Waals surface area contributed by atoms with Gasteiger partial charge in [-0.05, 0) is 30.3 Å². The number of imidazole rings is 1. The van der Waals surface area contributed by atoms with Crippen molar-refractivity contribution in [2.75, 3.05) is 4.72 Å². The number of aromatic amines is 1. The van der Waals surface area contributed by atoms with Crippen molar-refractivity contribution in [3.8, 4) is 0 Å². The van der Waals surface area contributed by atoms with E-state index in [2.05, 4.69) is 23.4 Å². The standard InChI is InChI=1S/C13H9N5O2S2/c19-22(20,12-3-1-2-10-13(12)17-21-16-10)18-8-4-5-9-11(6-8)15-7-14-9/h1-7,18H,(H,14,15). The molecule has 0 saturated carbocycles. The first-order valence-corrected chi connectivity index (χ1v) is 8.52.